The summed E-state index contributed by atoms with van der Waals surface area (Å²) in [5.74, 6) is -9.41. The van der Waals surface area contributed by atoms with Gasteiger partial charge in [0.1, 0.15) is 34.6 Å². The van der Waals surface area contributed by atoms with Crippen molar-refractivity contribution in [2.75, 3.05) is 53.3 Å². The Morgan fingerprint density at radius 3 is 1.04 bits per heavy atom. The molecule has 3 rings (SSSR count). The maximum atomic E-state index is 10.9. The van der Waals surface area contributed by atoms with Gasteiger partial charge in [0.15, 0.2) is 0 Å². The van der Waals surface area contributed by atoms with E-state index < -0.39 is 75.4 Å². The average molecular weight is 2120 g/mol. The van der Waals surface area contributed by atoms with Crippen molar-refractivity contribution in [2.24, 2.45) is 48.5 Å². The number of carbonyl (C=O) groups excluding carboxylic acids is 13. The summed E-state index contributed by atoms with van der Waals surface area (Å²) in [6, 6.07) is 2.69. The number of aromatic amines is 1. The van der Waals surface area contributed by atoms with Crippen molar-refractivity contribution in [3.8, 4) is 0 Å². The number of nitrogens with one attached hydrogen (secondary N) is 10. The van der Waals surface area contributed by atoms with Crippen LogP contribution in [0.4, 0.5) is 0 Å². The maximum Gasteiger partial charge on any atom is 1.00 e. The first-order valence-electron chi connectivity index (χ1n) is 49.0. The molecule has 2 aromatic rings. The summed E-state index contributed by atoms with van der Waals surface area (Å²) in [4.78, 5) is 155. The predicted molar refractivity (Wildman–Crippen MR) is 525 cm³/mol. The summed E-state index contributed by atoms with van der Waals surface area (Å²) in [6.07, 6.45) is 34.2. The third-order valence-electron chi connectivity index (χ3n) is 23.2. The average Bonchev–Trinajstić information content (AvgIpc) is 1.69. The van der Waals surface area contributed by atoms with Gasteiger partial charge in [-0.05, 0) is 232 Å². The van der Waals surface area contributed by atoms with Gasteiger partial charge in [-0.2, -0.15) is 0 Å². The third kappa shape index (κ3) is 105. The zero-order valence-corrected chi connectivity index (χ0v) is 107. The second-order valence-corrected chi connectivity index (χ2v) is 41.3. The van der Waals surface area contributed by atoms with Crippen LogP contribution in [0.3, 0.4) is 0 Å². The first-order valence-corrected chi connectivity index (χ1v) is 51.1. The zero-order valence-electron chi connectivity index (χ0n) is 95.1. The number of aryl methyl sites for hydroxylation is 1. The number of quaternary nitrogens is 1. The van der Waals surface area contributed by atoms with Crippen LogP contribution < -0.4 is 243 Å². The van der Waals surface area contributed by atoms with Crippen LogP contribution in [0.1, 0.15) is 346 Å². The van der Waals surface area contributed by atoms with Crippen LogP contribution in [0.15, 0.2) is 37.4 Å². The van der Waals surface area contributed by atoms with E-state index in [9.17, 15) is 101 Å². The van der Waals surface area contributed by atoms with Gasteiger partial charge in [-0.1, -0.05) is 60.3 Å². The van der Waals surface area contributed by atoms with Crippen molar-refractivity contribution in [3.63, 3.8) is 0 Å². The second kappa shape index (κ2) is 95.2. The number of sulfone groups is 1. The van der Waals surface area contributed by atoms with Gasteiger partial charge in [-0.25, -0.2) is 22.1 Å². The summed E-state index contributed by atoms with van der Waals surface area (Å²) in [5.41, 5.74) is 0. The van der Waals surface area contributed by atoms with Crippen LogP contribution in [0, 0.1) is 41.4 Å². The molecular formula is C99H187ClN15Na5O22S+2. The Morgan fingerprint density at radius 2 is 0.748 bits per heavy atom. The molecule has 44 heteroatoms. The fraction of sp³-hybridized carbons (Fsp3) is 0.798. The molecule has 0 aromatic carbocycles. The van der Waals surface area contributed by atoms with E-state index in [1.807, 2.05) is 39.6 Å². The number of carbonyl (C=O) groups is 14. The van der Waals surface area contributed by atoms with Crippen LogP contribution in [-0.4, -0.2) is 235 Å². The van der Waals surface area contributed by atoms with E-state index in [0.29, 0.717) is 62.3 Å². The van der Waals surface area contributed by atoms with Crippen LogP contribution in [0.2, 0.25) is 0 Å². The molecule has 806 valence electrons. The van der Waals surface area contributed by atoms with Crippen molar-refractivity contribution in [1.82, 2.24) is 62.3 Å². The Labute approximate surface area is 977 Å². The van der Waals surface area contributed by atoms with Gasteiger partial charge < -0.3 is 119 Å². The Bertz CT molecular complexity index is 3790. The number of aromatic nitrogens is 4. The summed E-state index contributed by atoms with van der Waals surface area (Å²) in [7, 11) is 8.02. The molecule has 0 aliphatic carbocycles. The number of hydrogen-bond acceptors (Lipinski definition) is 22. The second-order valence-electron chi connectivity index (χ2n) is 39.0. The number of nitrogens with zero attached hydrogens (tertiary/aromatic N) is 5. The van der Waals surface area contributed by atoms with E-state index >= 15 is 0 Å². The summed E-state index contributed by atoms with van der Waals surface area (Å²) >= 11 is 0. The van der Waals surface area contributed by atoms with Crippen LogP contribution in [-0.2, 0) is 84.0 Å². The minimum atomic E-state index is -2.91. The summed E-state index contributed by atoms with van der Waals surface area (Å²) in [5, 5.41) is 86.9. The molecule has 1 aliphatic rings. The van der Waals surface area contributed by atoms with Crippen LogP contribution in [0.25, 0.3) is 0 Å². The molecule has 37 nitrogen and oxygen atoms in total. The Balaban J connectivity index is -0.000000135. The molecule has 0 radical (unpaired) electrons. The van der Waals surface area contributed by atoms with E-state index in [0.717, 1.165) is 88.9 Å². The molecule has 1 fully saturated rings. The quantitative estimate of drug-likeness (QED) is 0.0166. The molecule has 143 heavy (non-hydrogen) atoms. The summed E-state index contributed by atoms with van der Waals surface area (Å²) < 4.78 is 29.0. The molecule has 3 heterocycles. The molecule has 9 amide bonds. The molecule has 1 saturated heterocycles. The topological polar surface area (TPSA) is 549 Å². The Hall–Kier alpha value is -3.88. The van der Waals surface area contributed by atoms with Gasteiger partial charge in [-0.15, -0.1) is 6.10 Å². The van der Waals surface area contributed by atoms with Crippen LogP contribution in [0.5, 0.6) is 0 Å². The molecule has 0 spiro atoms. The molecular weight excluding hydrogens is 1930 g/mol. The largest absolute Gasteiger partial charge is 1.00 e. The molecule has 20 unspecified atom stereocenters. The van der Waals surface area contributed by atoms with Gasteiger partial charge in [0, 0.05) is 182 Å². The number of hydrogen-bond donors (Lipinski definition) is 11. The first kappa shape index (κ1) is 164. The number of carboxylic acid groups (broad SMARTS) is 5. The number of likely N-dealkylation sites (tertiary alicyclic amines) is 1. The zero-order chi connectivity index (χ0) is 107. The fourth-order valence-electron chi connectivity index (χ4n) is 15.2. The van der Waals surface area contributed by atoms with Gasteiger partial charge in [0.25, 0.3) is 0 Å². The SMILES string of the molecule is CC(=O)NC(C)CCC(C(=O)O)C(C)C(=O)[O-].CC(=O)NC(C)CCC(C(=O)[O-])C(C)C(=O)[O-].CC(=O)NC(C)CCCC(C)C(=O)[O-].CC(=O)NC(C)CCCC(C)N(C)C.CC(=O)NC(C)CCCC(C)[O-].CC(=O)NC(C)CCCC(C)[n+]1cc[nH]c1.CC(=O)NC(C)CCCC(C)n1cc[n+](C)c1.CC(=O)NC(C)CCS(C)(=O)=O.CCC1C[N+](C)(C)CC1CCCC(C)NC(C)=O.[Cl-].[Na+].[Na+].[Na+].[Na+].[Na+]. The van der Waals surface area contributed by atoms with E-state index in [4.69, 9.17) is 5.11 Å². The van der Waals surface area contributed by atoms with Gasteiger partial charge in [0.2, 0.25) is 65.8 Å². The van der Waals surface area contributed by atoms with E-state index in [1.165, 1.54) is 104 Å². The molecule has 1 aliphatic heterocycles. The van der Waals surface area contributed by atoms with Crippen LogP contribution >= 0.6 is 0 Å². The predicted octanol–water partition coefficient (Wildman–Crippen LogP) is -12.9. The number of imidazole rings is 2. The molecule has 0 bridgehead atoms. The number of halogens is 1. The van der Waals surface area contributed by atoms with E-state index in [-0.39, 0.29) is 274 Å². The number of rotatable bonds is 53. The van der Waals surface area contributed by atoms with Gasteiger partial charge >= 0.3 is 154 Å². The van der Waals surface area contributed by atoms with Crippen molar-refractivity contribution in [1.29, 1.82) is 0 Å². The smallest absolute Gasteiger partial charge is 1.00 e. The normalized spacial score (nSPS) is 16.0. The molecule has 11 N–H and O–H groups in total. The molecule has 0 saturated carbocycles. The third-order valence-corrected chi connectivity index (χ3v) is 24.2. The van der Waals surface area contributed by atoms with Gasteiger partial charge in [0.05, 0.1) is 58.0 Å². The Kier molecular flexibility index (Phi) is 109. The van der Waals surface area contributed by atoms with Crippen molar-refractivity contribution >= 4 is 92.8 Å². The van der Waals surface area contributed by atoms with Gasteiger partial charge in [-0.3, -0.25) is 52.9 Å². The maximum absolute atomic E-state index is 10.9. The molecule has 2 aromatic heterocycles. The van der Waals surface area contributed by atoms with Crippen molar-refractivity contribution in [2.45, 2.75) is 413 Å². The fourth-order valence-corrected chi connectivity index (χ4v) is 16.0. The number of H-pyrrole nitrogens is 1. The number of aliphatic carboxylic acids is 5. The number of carboxylic acids is 5. The van der Waals surface area contributed by atoms with Crippen molar-refractivity contribution in [3.05, 3.63) is 37.4 Å². The molecule has 20 atom stereocenters. The Morgan fingerprint density at radius 1 is 0.434 bits per heavy atom. The van der Waals surface area contributed by atoms with E-state index in [2.05, 4.69) is 174 Å². The summed E-state index contributed by atoms with van der Waals surface area (Å²) in [6.45, 7) is 48.3. The van der Waals surface area contributed by atoms with E-state index in [1.54, 1.807) is 62.3 Å². The van der Waals surface area contributed by atoms with Crippen molar-refractivity contribution < 1.29 is 280 Å². The minimum absolute atomic E-state index is 0. The first-order chi connectivity index (χ1) is 63.1. The standard InChI is InChI=1S/C15H30N2O.C13H23N3O.C12H21N3O.C11H24N2O.2C11H19NO5.C10H19NO3.C9H18NO2.C7H15NO3S.ClH.5Na/c1-6-14-10-17(4,5)11-15(14)9-7-8-12(2)16-13(3)18;1-11(14-13(3)17)6-5-7-12(2)16-9-8-15(4)10-16;1-10(14-12(3)16)5-4-6-11(2)15-8-7-13-9-15;1-9(12-11(3)14)7-6-8-10(2)13(4)5;2*1-6(12-8(3)13)4-5-9(11(16)17)7(2)10(14)15;1-7(10(13)14)5-4-6-8(2)11-9(3)12;1-7(10-9(3)12)5-4-6-8(2)11;1-6(8-7(2)9)4-5-12(3,10)11;;;;;;/h12,14-15H,6-11H2,1-5H3;8-12H,5-7H2,1-4H3;7-11H,4-6H2,1-3H3,(H,14,16);9-10H,6-8H2,1-5H3,(H,12,14);2*6-7,9H,4-5H2,1-3H3,(H,12,13)(H,14,15)(H,16,17);7-8H,4-6H2,1-3H3,(H,11,12)(H,13,14);7-8H,4-6H2,1-3H3,(H,10,12);6H,4-5H2,1-3H3,(H,8,9);1H;;;;;/q;;;;;;;-1;;;5*+1/p-2. The monoisotopic (exact) mass is 2120 g/mol. The number of amides is 9. The minimum Gasteiger partial charge on any atom is -1.00 e.